The maximum absolute atomic E-state index is 11.5. The maximum atomic E-state index is 11.5. The maximum Gasteiger partial charge on any atom is 0.318 e. The molecule has 3 atom stereocenters. The molecule has 1 aliphatic carbocycles. The van der Waals surface area contributed by atoms with Gasteiger partial charge in [0.1, 0.15) is 6.10 Å². The van der Waals surface area contributed by atoms with Gasteiger partial charge in [-0.05, 0) is 26.8 Å². The Kier molecular flexibility index (Phi) is 5.37. The molecule has 0 aromatic carbocycles. The van der Waals surface area contributed by atoms with Crippen LogP contribution in [-0.2, 0) is 9.53 Å². The first-order valence-electron chi connectivity index (χ1n) is 5.97. The molecule has 1 aliphatic rings. The second-order valence-electron chi connectivity index (χ2n) is 4.35. The van der Waals surface area contributed by atoms with Crippen molar-refractivity contribution < 1.29 is 14.3 Å². The predicted octanol–water partition coefficient (Wildman–Crippen LogP) is 0.117. The van der Waals surface area contributed by atoms with Crippen LogP contribution in [0.25, 0.3) is 0 Å². The number of nitrogens with two attached hydrogens (primary N) is 1. The van der Waals surface area contributed by atoms with Crippen LogP contribution in [0.2, 0.25) is 0 Å². The summed E-state index contributed by atoms with van der Waals surface area (Å²) in [5.74, 6) is -0.488. The lowest BCUT2D eigenvalue weighted by molar-refractivity contribution is -0.136. The quantitative estimate of drug-likeness (QED) is 0.653. The van der Waals surface area contributed by atoms with Crippen molar-refractivity contribution in [2.75, 3.05) is 7.05 Å². The number of primary amides is 1. The van der Waals surface area contributed by atoms with Gasteiger partial charge in [-0.3, -0.25) is 10.1 Å². The third-order valence-corrected chi connectivity index (χ3v) is 3.07. The first-order chi connectivity index (χ1) is 8.04. The van der Waals surface area contributed by atoms with Crippen molar-refractivity contribution in [1.29, 1.82) is 0 Å². The largest absolute Gasteiger partial charge is 0.364 e. The third-order valence-electron chi connectivity index (χ3n) is 3.07. The minimum Gasteiger partial charge on any atom is -0.364 e. The highest BCUT2D eigenvalue weighted by molar-refractivity contribution is 5.95. The SMILES string of the molecule is CNC1CCCCC1OC(C)C(=O)NC(N)=O. The summed E-state index contributed by atoms with van der Waals surface area (Å²) in [7, 11) is 1.89. The highest BCUT2D eigenvalue weighted by atomic mass is 16.5. The number of imide groups is 1. The summed E-state index contributed by atoms with van der Waals surface area (Å²) in [5, 5.41) is 5.21. The third kappa shape index (κ3) is 4.32. The van der Waals surface area contributed by atoms with Crippen LogP contribution in [0.15, 0.2) is 0 Å². The van der Waals surface area contributed by atoms with Gasteiger partial charge in [-0.1, -0.05) is 12.8 Å². The second kappa shape index (κ2) is 6.56. The zero-order chi connectivity index (χ0) is 12.8. The molecule has 6 heteroatoms. The normalized spacial score (nSPS) is 26.2. The van der Waals surface area contributed by atoms with E-state index in [4.69, 9.17) is 10.5 Å². The van der Waals surface area contributed by atoms with Gasteiger partial charge < -0.3 is 15.8 Å². The first-order valence-corrected chi connectivity index (χ1v) is 5.97. The molecule has 0 spiro atoms. The van der Waals surface area contributed by atoms with Crippen LogP contribution >= 0.6 is 0 Å². The number of amides is 3. The molecule has 0 bridgehead atoms. The van der Waals surface area contributed by atoms with Crippen LogP contribution in [0.3, 0.4) is 0 Å². The summed E-state index contributed by atoms with van der Waals surface area (Å²) in [6.07, 6.45) is 3.61. The lowest BCUT2D eigenvalue weighted by Crippen LogP contribution is -2.47. The molecular weight excluding hydrogens is 222 g/mol. The fourth-order valence-corrected chi connectivity index (χ4v) is 2.14. The molecule has 0 aromatic heterocycles. The first kappa shape index (κ1) is 13.9. The Morgan fingerprint density at radius 1 is 1.35 bits per heavy atom. The van der Waals surface area contributed by atoms with Gasteiger partial charge >= 0.3 is 6.03 Å². The average molecular weight is 243 g/mol. The highest BCUT2D eigenvalue weighted by Crippen LogP contribution is 2.22. The monoisotopic (exact) mass is 243 g/mol. The van der Waals surface area contributed by atoms with Crippen molar-refractivity contribution in [1.82, 2.24) is 10.6 Å². The van der Waals surface area contributed by atoms with Gasteiger partial charge in [0.15, 0.2) is 0 Å². The van der Waals surface area contributed by atoms with Gasteiger partial charge in [0, 0.05) is 6.04 Å². The van der Waals surface area contributed by atoms with Crippen LogP contribution in [-0.4, -0.2) is 37.2 Å². The molecule has 98 valence electrons. The summed E-state index contributed by atoms with van der Waals surface area (Å²) in [6, 6.07) is -0.577. The number of nitrogens with one attached hydrogen (secondary N) is 2. The molecule has 3 unspecified atom stereocenters. The van der Waals surface area contributed by atoms with Gasteiger partial charge in [0.25, 0.3) is 5.91 Å². The number of carbonyl (C=O) groups excluding carboxylic acids is 2. The molecule has 0 radical (unpaired) electrons. The summed E-state index contributed by atoms with van der Waals surface area (Å²) >= 11 is 0. The fraction of sp³-hybridized carbons (Fsp3) is 0.818. The molecule has 4 N–H and O–H groups in total. The van der Waals surface area contributed by atoms with Crippen molar-refractivity contribution in [2.45, 2.75) is 50.9 Å². The van der Waals surface area contributed by atoms with E-state index in [1.807, 2.05) is 12.4 Å². The standard InChI is InChI=1S/C11H21N3O3/c1-7(10(15)14-11(12)16)17-9-6-4-3-5-8(9)13-2/h7-9,13H,3-6H2,1-2H3,(H3,12,14,15,16). The predicted molar refractivity (Wildman–Crippen MR) is 63.4 cm³/mol. The Labute approximate surface area is 101 Å². The lowest BCUT2D eigenvalue weighted by atomic mass is 9.92. The summed E-state index contributed by atoms with van der Waals surface area (Å²) in [4.78, 5) is 22.0. The smallest absolute Gasteiger partial charge is 0.318 e. The van der Waals surface area contributed by atoms with Gasteiger partial charge in [-0.2, -0.15) is 0 Å². The zero-order valence-electron chi connectivity index (χ0n) is 10.4. The van der Waals surface area contributed by atoms with E-state index in [9.17, 15) is 9.59 Å². The Morgan fingerprint density at radius 3 is 2.59 bits per heavy atom. The van der Waals surface area contributed by atoms with E-state index < -0.39 is 18.0 Å². The molecule has 0 saturated heterocycles. The summed E-state index contributed by atoms with van der Waals surface area (Å²) in [5.41, 5.74) is 4.88. The Morgan fingerprint density at radius 2 is 2.00 bits per heavy atom. The number of hydrogen-bond acceptors (Lipinski definition) is 4. The molecule has 0 aliphatic heterocycles. The van der Waals surface area contributed by atoms with E-state index in [1.54, 1.807) is 6.92 Å². The molecule has 3 amide bonds. The number of likely N-dealkylation sites (N-methyl/N-ethyl adjacent to an activating group) is 1. The molecule has 0 aromatic rings. The molecule has 1 saturated carbocycles. The Balaban J connectivity index is 2.45. The van der Waals surface area contributed by atoms with E-state index in [0.717, 1.165) is 19.3 Å². The van der Waals surface area contributed by atoms with Crippen LogP contribution in [0.1, 0.15) is 32.6 Å². The molecular formula is C11H21N3O3. The Hall–Kier alpha value is -1.14. The number of urea groups is 1. The molecule has 1 rings (SSSR count). The summed E-state index contributed by atoms with van der Waals surface area (Å²) in [6.45, 7) is 1.62. The van der Waals surface area contributed by atoms with Gasteiger partial charge in [0.2, 0.25) is 0 Å². The van der Waals surface area contributed by atoms with Gasteiger partial charge in [-0.15, -0.1) is 0 Å². The number of hydrogen-bond donors (Lipinski definition) is 3. The lowest BCUT2D eigenvalue weighted by Gasteiger charge is -2.32. The number of rotatable bonds is 4. The minimum absolute atomic E-state index is 0.0161. The van der Waals surface area contributed by atoms with Crippen LogP contribution in [0.5, 0.6) is 0 Å². The number of carbonyl (C=O) groups is 2. The van der Waals surface area contributed by atoms with Crippen LogP contribution in [0.4, 0.5) is 4.79 Å². The van der Waals surface area contributed by atoms with Crippen molar-refractivity contribution in [2.24, 2.45) is 5.73 Å². The molecule has 6 nitrogen and oxygen atoms in total. The van der Waals surface area contributed by atoms with Crippen molar-refractivity contribution in [3.63, 3.8) is 0 Å². The average Bonchev–Trinajstić information content (AvgIpc) is 2.28. The Bertz CT molecular complexity index is 283. The van der Waals surface area contributed by atoms with E-state index in [0.29, 0.717) is 0 Å². The highest BCUT2D eigenvalue weighted by Gasteiger charge is 2.28. The van der Waals surface area contributed by atoms with Crippen molar-refractivity contribution >= 4 is 11.9 Å². The van der Waals surface area contributed by atoms with Crippen molar-refractivity contribution in [3.05, 3.63) is 0 Å². The van der Waals surface area contributed by atoms with E-state index >= 15 is 0 Å². The van der Waals surface area contributed by atoms with Gasteiger partial charge in [0.05, 0.1) is 6.10 Å². The van der Waals surface area contributed by atoms with E-state index in [2.05, 4.69) is 5.32 Å². The number of ether oxygens (including phenoxy) is 1. The topological polar surface area (TPSA) is 93.4 Å². The van der Waals surface area contributed by atoms with Crippen molar-refractivity contribution in [3.8, 4) is 0 Å². The summed E-state index contributed by atoms with van der Waals surface area (Å²) < 4.78 is 5.68. The molecule has 1 fully saturated rings. The van der Waals surface area contributed by atoms with E-state index in [1.165, 1.54) is 6.42 Å². The molecule has 0 heterocycles. The van der Waals surface area contributed by atoms with Crippen LogP contribution in [0, 0.1) is 0 Å². The van der Waals surface area contributed by atoms with Crippen LogP contribution < -0.4 is 16.4 Å². The molecule has 17 heavy (non-hydrogen) atoms. The fourth-order valence-electron chi connectivity index (χ4n) is 2.14. The van der Waals surface area contributed by atoms with Gasteiger partial charge in [-0.25, -0.2) is 4.79 Å². The van der Waals surface area contributed by atoms with E-state index in [-0.39, 0.29) is 12.1 Å². The second-order valence-corrected chi connectivity index (χ2v) is 4.35. The zero-order valence-corrected chi connectivity index (χ0v) is 10.4. The minimum atomic E-state index is -0.848.